The molecule has 1 unspecified atom stereocenters. The molecule has 1 fully saturated rings. The second kappa shape index (κ2) is 7.20. The van der Waals surface area contributed by atoms with Crippen LogP contribution in [0, 0.1) is 0 Å². The average Bonchev–Trinajstić information content (AvgIpc) is 2.88. The lowest BCUT2D eigenvalue weighted by Crippen LogP contribution is -2.44. The molecule has 1 aliphatic heterocycles. The van der Waals surface area contributed by atoms with Crippen molar-refractivity contribution in [1.29, 1.82) is 0 Å². The molecular weight excluding hydrogens is 232 g/mol. The lowest BCUT2D eigenvalue weighted by Gasteiger charge is -2.27. The molecule has 0 bridgehead atoms. The average molecular weight is 256 g/mol. The summed E-state index contributed by atoms with van der Waals surface area (Å²) in [6, 6.07) is 0.215. The van der Waals surface area contributed by atoms with Gasteiger partial charge in [0.25, 0.3) is 0 Å². The highest BCUT2D eigenvalue weighted by Gasteiger charge is 2.30. The summed E-state index contributed by atoms with van der Waals surface area (Å²) in [5.74, 6) is 0. The predicted molar refractivity (Wildman–Crippen MR) is 70.1 cm³/mol. The third-order valence-corrected chi connectivity index (χ3v) is 3.46. The first kappa shape index (κ1) is 14.8. The lowest BCUT2D eigenvalue weighted by molar-refractivity contribution is -0.118. The van der Waals surface area contributed by atoms with E-state index in [1.54, 1.807) is 11.9 Å². The van der Waals surface area contributed by atoms with E-state index in [4.69, 9.17) is 5.73 Å². The molecule has 18 heavy (non-hydrogen) atoms. The van der Waals surface area contributed by atoms with Gasteiger partial charge in [-0.1, -0.05) is 0 Å². The van der Waals surface area contributed by atoms with E-state index < -0.39 is 0 Å². The van der Waals surface area contributed by atoms with Crippen LogP contribution in [0.2, 0.25) is 0 Å². The fourth-order valence-corrected chi connectivity index (χ4v) is 2.21. The van der Waals surface area contributed by atoms with Crippen molar-refractivity contribution in [2.24, 2.45) is 5.73 Å². The van der Waals surface area contributed by atoms with E-state index in [1.165, 1.54) is 0 Å². The Labute approximate surface area is 109 Å². The van der Waals surface area contributed by atoms with Gasteiger partial charge in [0.2, 0.25) is 6.41 Å². The first-order valence-electron chi connectivity index (χ1n) is 6.55. The Morgan fingerprint density at radius 2 is 2.28 bits per heavy atom. The van der Waals surface area contributed by atoms with E-state index in [1.807, 2.05) is 16.7 Å². The fourth-order valence-electron chi connectivity index (χ4n) is 2.21. The van der Waals surface area contributed by atoms with Gasteiger partial charge in [0, 0.05) is 33.2 Å². The van der Waals surface area contributed by atoms with Crippen LogP contribution in [0.3, 0.4) is 0 Å². The maximum Gasteiger partial charge on any atom is 0.320 e. The topological polar surface area (TPSA) is 69.9 Å². The van der Waals surface area contributed by atoms with Crippen molar-refractivity contribution in [3.63, 3.8) is 0 Å². The van der Waals surface area contributed by atoms with Crippen molar-refractivity contribution in [2.75, 3.05) is 39.8 Å². The van der Waals surface area contributed by atoms with Crippen molar-refractivity contribution >= 4 is 12.4 Å². The van der Waals surface area contributed by atoms with E-state index in [9.17, 15) is 9.59 Å². The van der Waals surface area contributed by atoms with E-state index >= 15 is 0 Å². The maximum atomic E-state index is 12.2. The van der Waals surface area contributed by atoms with Crippen molar-refractivity contribution < 1.29 is 9.59 Å². The van der Waals surface area contributed by atoms with Gasteiger partial charge in [-0.2, -0.15) is 0 Å². The Balaban J connectivity index is 2.49. The van der Waals surface area contributed by atoms with Crippen molar-refractivity contribution in [1.82, 2.24) is 14.7 Å². The van der Waals surface area contributed by atoms with E-state index in [0.29, 0.717) is 26.2 Å². The zero-order chi connectivity index (χ0) is 13.5. The molecule has 1 aliphatic rings. The molecule has 0 saturated carbocycles. The van der Waals surface area contributed by atoms with Crippen LogP contribution in [0.5, 0.6) is 0 Å². The number of carbonyl (C=O) groups excluding carboxylic acids is 2. The summed E-state index contributed by atoms with van der Waals surface area (Å²) < 4.78 is 0. The Morgan fingerprint density at radius 3 is 2.83 bits per heavy atom. The van der Waals surface area contributed by atoms with Crippen molar-refractivity contribution in [3.8, 4) is 0 Å². The number of likely N-dealkylation sites (tertiary alicyclic amines) is 1. The molecule has 6 heteroatoms. The molecule has 6 nitrogen and oxygen atoms in total. The predicted octanol–water partition coefficient (Wildman–Crippen LogP) is -0.0604. The summed E-state index contributed by atoms with van der Waals surface area (Å²) in [6.45, 7) is 5.33. The Kier molecular flexibility index (Phi) is 5.91. The van der Waals surface area contributed by atoms with Gasteiger partial charge in [-0.3, -0.25) is 4.79 Å². The van der Waals surface area contributed by atoms with Gasteiger partial charge >= 0.3 is 6.03 Å². The quantitative estimate of drug-likeness (QED) is 0.677. The van der Waals surface area contributed by atoms with E-state index in [0.717, 1.165) is 25.8 Å². The summed E-state index contributed by atoms with van der Waals surface area (Å²) >= 11 is 0. The first-order chi connectivity index (χ1) is 8.63. The number of urea groups is 1. The number of nitrogens with two attached hydrogens (primary N) is 1. The number of carbonyl (C=O) groups is 2. The minimum atomic E-state index is 0.0627. The third-order valence-electron chi connectivity index (χ3n) is 3.46. The van der Waals surface area contributed by atoms with Crippen LogP contribution in [0.1, 0.15) is 19.8 Å². The Hall–Kier alpha value is -1.30. The molecule has 0 aromatic carbocycles. The molecule has 104 valence electrons. The van der Waals surface area contributed by atoms with Gasteiger partial charge in [-0.25, -0.2) is 4.79 Å². The largest absolute Gasteiger partial charge is 0.343 e. The molecule has 1 saturated heterocycles. The van der Waals surface area contributed by atoms with Gasteiger partial charge in [0.05, 0.1) is 6.04 Å². The summed E-state index contributed by atoms with van der Waals surface area (Å²) in [6.07, 6.45) is 2.51. The third kappa shape index (κ3) is 3.60. The second-order valence-electron chi connectivity index (χ2n) is 4.66. The number of amides is 3. The number of rotatable bonds is 6. The Bertz CT molecular complexity index is 285. The molecular formula is C12H24N4O2. The van der Waals surface area contributed by atoms with Gasteiger partial charge in [-0.05, 0) is 26.3 Å². The van der Waals surface area contributed by atoms with Gasteiger partial charge < -0.3 is 20.4 Å². The van der Waals surface area contributed by atoms with Crippen LogP contribution in [-0.4, -0.2) is 73.0 Å². The minimum absolute atomic E-state index is 0.0627. The zero-order valence-corrected chi connectivity index (χ0v) is 11.3. The normalized spacial score (nSPS) is 18.8. The standard InChI is InChI=1S/C12H24N4O2/c1-3-15(7-4-6-13)12(18)16-8-5-11(9-16)14(2)10-17/h10-11H,3-9,13H2,1-2H3. The highest BCUT2D eigenvalue weighted by molar-refractivity contribution is 5.74. The SMILES string of the molecule is CCN(CCCN)C(=O)N1CCC(N(C)C=O)C1. The summed E-state index contributed by atoms with van der Waals surface area (Å²) in [5, 5.41) is 0. The number of likely N-dealkylation sites (N-methyl/N-ethyl adjacent to an activating group) is 1. The molecule has 1 atom stereocenters. The highest BCUT2D eigenvalue weighted by atomic mass is 16.2. The van der Waals surface area contributed by atoms with Crippen LogP contribution in [0.15, 0.2) is 0 Å². The molecule has 0 aromatic rings. The van der Waals surface area contributed by atoms with Crippen LogP contribution < -0.4 is 5.73 Å². The fraction of sp³-hybridized carbons (Fsp3) is 0.833. The summed E-state index contributed by atoms with van der Waals surface area (Å²) in [7, 11) is 1.76. The monoisotopic (exact) mass is 256 g/mol. The van der Waals surface area contributed by atoms with E-state index in [-0.39, 0.29) is 12.1 Å². The van der Waals surface area contributed by atoms with Crippen molar-refractivity contribution in [2.45, 2.75) is 25.8 Å². The molecule has 1 heterocycles. The highest BCUT2D eigenvalue weighted by Crippen LogP contribution is 2.15. The van der Waals surface area contributed by atoms with Crippen LogP contribution >= 0.6 is 0 Å². The summed E-state index contributed by atoms with van der Waals surface area (Å²) in [4.78, 5) is 28.2. The van der Waals surface area contributed by atoms with Crippen LogP contribution in [0.25, 0.3) is 0 Å². The van der Waals surface area contributed by atoms with Crippen LogP contribution in [-0.2, 0) is 4.79 Å². The van der Waals surface area contributed by atoms with E-state index in [2.05, 4.69) is 0 Å². The summed E-state index contributed by atoms with van der Waals surface area (Å²) in [5.41, 5.74) is 5.47. The minimum Gasteiger partial charge on any atom is -0.343 e. The smallest absolute Gasteiger partial charge is 0.320 e. The molecule has 1 rings (SSSR count). The number of nitrogens with zero attached hydrogens (tertiary/aromatic N) is 3. The Morgan fingerprint density at radius 1 is 1.56 bits per heavy atom. The zero-order valence-electron chi connectivity index (χ0n) is 11.3. The van der Waals surface area contributed by atoms with Gasteiger partial charge in [0.1, 0.15) is 0 Å². The van der Waals surface area contributed by atoms with Gasteiger partial charge in [0.15, 0.2) is 0 Å². The maximum absolute atomic E-state index is 12.2. The number of hydrogen-bond acceptors (Lipinski definition) is 3. The molecule has 0 aliphatic carbocycles. The first-order valence-corrected chi connectivity index (χ1v) is 6.55. The van der Waals surface area contributed by atoms with Crippen molar-refractivity contribution in [3.05, 3.63) is 0 Å². The van der Waals surface area contributed by atoms with Crippen LogP contribution in [0.4, 0.5) is 4.79 Å². The van der Waals surface area contributed by atoms with Gasteiger partial charge in [-0.15, -0.1) is 0 Å². The number of hydrogen-bond donors (Lipinski definition) is 1. The second-order valence-corrected chi connectivity index (χ2v) is 4.66. The molecule has 0 radical (unpaired) electrons. The molecule has 2 N–H and O–H groups in total. The molecule has 3 amide bonds. The lowest BCUT2D eigenvalue weighted by atomic mass is 10.2. The molecule has 0 spiro atoms. The molecule has 0 aromatic heterocycles.